The van der Waals surface area contributed by atoms with E-state index >= 15 is 0 Å². The van der Waals surface area contributed by atoms with Gasteiger partial charge < -0.3 is 15.5 Å². The molecule has 1 saturated heterocycles. The van der Waals surface area contributed by atoms with Crippen molar-refractivity contribution in [3.63, 3.8) is 0 Å². The Kier molecular flexibility index (Phi) is 9.96. The molecule has 0 amide bonds. The number of aliphatic hydroxyl groups is 2. The van der Waals surface area contributed by atoms with Crippen molar-refractivity contribution < 1.29 is 27.7 Å². The minimum atomic E-state index is -4.67. The fraction of sp³-hybridized carbons (Fsp3) is 1.00. The van der Waals surface area contributed by atoms with Gasteiger partial charge in [0.2, 0.25) is 5.91 Å². The van der Waals surface area contributed by atoms with Crippen molar-refractivity contribution in [3.05, 3.63) is 0 Å². The third-order valence-electron chi connectivity index (χ3n) is 1.48. The van der Waals surface area contributed by atoms with Crippen LogP contribution in [0.2, 0.25) is 0 Å². The van der Waals surface area contributed by atoms with Gasteiger partial charge in [-0.05, 0) is 25.9 Å². The molecular weight excluding hydrogens is 240 g/mol. The topological polar surface area (TPSA) is 153 Å². The Balaban J connectivity index is 0. The van der Waals surface area contributed by atoms with Crippen LogP contribution in [0.3, 0.4) is 0 Å². The van der Waals surface area contributed by atoms with Crippen molar-refractivity contribution in [2.45, 2.75) is 32.1 Å². The molecule has 0 radical (unpaired) electrons. The van der Waals surface area contributed by atoms with Gasteiger partial charge in [0.05, 0.1) is 0 Å². The van der Waals surface area contributed by atoms with Crippen LogP contribution >= 0.6 is 0 Å². The van der Waals surface area contributed by atoms with Crippen LogP contribution in [0.1, 0.15) is 26.2 Å². The van der Waals surface area contributed by atoms with Crippen LogP contribution in [0, 0.1) is 0 Å². The molecule has 1 aliphatic heterocycles. The van der Waals surface area contributed by atoms with Gasteiger partial charge in [-0.1, -0.05) is 6.92 Å². The SMILES string of the molecule is C1CCNC1.CCC(N)(O)O.O=S(=O)(O)O. The molecule has 0 aromatic carbocycles. The Morgan fingerprint density at radius 1 is 1.25 bits per heavy atom. The first-order valence-electron chi connectivity index (χ1n) is 4.70. The van der Waals surface area contributed by atoms with Crippen LogP contribution in [-0.2, 0) is 10.4 Å². The van der Waals surface area contributed by atoms with E-state index in [0.29, 0.717) is 0 Å². The van der Waals surface area contributed by atoms with E-state index in [-0.39, 0.29) is 6.42 Å². The second-order valence-corrected chi connectivity index (χ2v) is 4.03. The monoisotopic (exact) mass is 260 g/mol. The van der Waals surface area contributed by atoms with E-state index in [1.54, 1.807) is 6.92 Å². The summed E-state index contributed by atoms with van der Waals surface area (Å²) >= 11 is 0. The molecule has 8 nitrogen and oxygen atoms in total. The second-order valence-electron chi connectivity index (χ2n) is 3.14. The summed E-state index contributed by atoms with van der Waals surface area (Å²) in [6.45, 7) is 4.08. The smallest absolute Gasteiger partial charge is 0.354 e. The predicted octanol–water partition coefficient (Wildman–Crippen LogP) is -1.29. The van der Waals surface area contributed by atoms with Gasteiger partial charge in [0.25, 0.3) is 0 Å². The van der Waals surface area contributed by atoms with E-state index < -0.39 is 16.3 Å². The van der Waals surface area contributed by atoms with E-state index in [4.69, 9.17) is 27.7 Å². The van der Waals surface area contributed by atoms with Gasteiger partial charge in [0, 0.05) is 6.42 Å². The predicted molar refractivity (Wildman–Crippen MR) is 57.9 cm³/mol. The highest BCUT2D eigenvalue weighted by atomic mass is 32.3. The zero-order chi connectivity index (χ0) is 13.2. The minimum absolute atomic E-state index is 0.160. The van der Waals surface area contributed by atoms with Gasteiger partial charge in [-0.2, -0.15) is 8.42 Å². The summed E-state index contributed by atoms with van der Waals surface area (Å²) in [7, 11) is -4.67. The minimum Gasteiger partial charge on any atom is -0.354 e. The van der Waals surface area contributed by atoms with E-state index in [9.17, 15) is 0 Å². The summed E-state index contributed by atoms with van der Waals surface area (Å²) in [5.41, 5.74) is 4.65. The maximum Gasteiger partial charge on any atom is 0.394 e. The lowest BCUT2D eigenvalue weighted by atomic mass is 10.4. The highest BCUT2D eigenvalue weighted by molar-refractivity contribution is 7.79. The summed E-state index contributed by atoms with van der Waals surface area (Å²) in [4.78, 5) is 0. The quantitative estimate of drug-likeness (QED) is 0.251. The van der Waals surface area contributed by atoms with Crippen molar-refractivity contribution >= 4 is 10.4 Å². The molecule has 1 fully saturated rings. The van der Waals surface area contributed by atoms with Gasteiger partial charge in [-0.25, -0.2) is 0 Å². The fourth-order valence-electron chi connectivity index (χ4n) is 0.625. The van der Waals surface area contributed by atoms with E-state index in [1.165, 1.54) is 25.9 Å². The zero-order valence-corrected chi connectivity index (χ0v) is 9.94. The Labute approximate surface area is 95.0 Å². The van der Waals surface area contributed by atoms with Gasteiger partial charge in [-0.3, -0.25) is 14.8 Å². The largest absolute Gasteiger partial charge is 0.394 e. The number of hydrogen-bond donors (Lipinski definition) is 6. The van der Waals surface area contributed by atoms with Crippen molar-refractivity contribution in [2.24, 2.45) is 5.73 Å². The van der Waals surface area contributed by atoms with Gasteiger partial charge in [0.15, 0.2) is 0 Å². The van der Waals surface area contributed by atoms with E-state index in [2.05, 4.69) is 11.1 Å². The van der Waals surface area contributed by atoms with E-state index in [1.807, 2.05) is 0 Å². The van der Waals surface area contributed by atoms with E-state index in [0.717, 1.165) is 0 Å². The Morgan fingerprint density at radius 3 is 1.56 bits per heavy atom. The molecule has 0 atom stereocenters. The molecule has 7 N–H and O–H groups in total. The molecule has 0 unspecified atom stereocenters. The normalized spacial score (nSPS) is 15.6. The van der Waals surface area contributed by atoms with Crippen molar-refractivity contribution in [1.29, 1.82) is 0 Å². The summed E-state index contributed by atoms with van der Waals surface area (Å²) in [5.74, 6) is -1.96. The number of nitrogens with one attached hydrogen (secondary N) is 1. The van der Waals surface area contributed by atoms with Crippen LogP contribution < -0.4 is 11.1 Å². The molecule has 0 aromatic heterocycles. The molecule has 0 spiro atoms. The second kappa shape index (κ2) is 8.82. The molecule has 9 heteroatoms. The first kappa shape index (κ1) is 18.1. The molecule has 0 bridgehead atoms. The number of rotatable bonds is 1. The first-order chi connectivity index (χ1) is 7.06. The number of nitrogens with two attached hydrogens (primary N) is 1. The Hall–Kier alpha value is -0.290. The average molecular weight is 260 g/mol. The third-order valence-corrected chi connectivity index (χ3v) is 1.48. The molecule has 0 saturated carbocycles. The third kappa shape index (κ3) is 37.3. The molecule has 1 rings (SSSR count). The molecule has 100 valence electrons. The van der Waals surface area contributed by atoms with Crippen LogP contribution in [-0.4, -0.2) is 46.7 Å². The van der Waals surface area contributed by atoms with Crippen molar-refractivity contribution in [2.75, 3.05) is 13.1 Å². The number of hydrogen-bond acceptors (Lipinski definition) is 6. The Morgan fingerprint density at radius 2 is 1.50 bits per heavy atom. The fourth-order valence-corrected chi connectivity index (χ4v) is 0.625. The molecule has 16 heavy (non-hydrogen) atoms. The zero-order valence-electron chi connectivity index (χ0n) is 9.13. The molecule has 0 aliphatic carbocycles. The molecule has 1 heterocycles. The van der Waals surface area contributed by atoms with Gasteiger partial charge in [-0.15, -0.1) is 0 Å². The summed E-state index contributed by atoms with van der Waals surface area (Å²) < 4.78 is 31.6. The summed E-state index contributed by atoms with van der Waals surface area (Å²) in [6, 6.07) is 0. The Bertz CT molecular complexity index is 228. The standard InChI is InChI=1S/C4H9N.C3H9NO2.H2O4S/c1-2-4-5-3-1;1-2-3(4,5)6;1-5(2,3)4/h5H,1-4H2;5-6H,2,4H2,1H3;(H2,1,2,3,4). The van der Waals surface area contributed by atoms with Crippen LogP contribution in [0.15, 0.2) is 0 Å². The maximum absolute atomic E-state index is 8.74. The molecular formula is C7H20N2O6S. The maximum atomic E-state index is 8.74. The van der Waals surface area contributed by atoms with Gasteiger partial charge >= 0.3 is 10.4 Å². The van der Waals surface area contributed by atoms with Gasteiger partial charge in [0.1, 0.15) is 0 Å². The van der Waals surface area contributed by atoms with Crippen LogP contribution in [0.25, 0.3) is 0 Å². The first-order valence-corrected chi connectivity index (χ1v) is 6.10. The molecule has 0 aromatic rings. The highest BCUT2D eigenvalue weighted by Gasteiger charge is 2.09. The summed E-state index contributed by atoms with van der Waals surface area (Å²) in [6.07, 6.45) is 2.94. The van der Waals surface area contributed by atoms with Crippen LogP contribution in [0.4, 0.5) is 0 Å². The van der Waals surface area contributed by atoms with Crippen molar-refractivity contribution in [1.82, 2.24) is 5.32 Å². The summed E-state index contributed by atoms with van der Waals surface area (Å²) in [5, 5.41) is 19.5. The highest BCUT2D eigenvalue weighted by Crippen LogP contribution is 1.90. The lowest BCUT2D eigenvalue weighted by Gasteiger charge is -2.10. The average Bonchev–Trinajstić information content (AvgIpc) is 2.56. The van der Waals surface area contributed by atoms with Crippen LogP contribution in [0.5, 0.6) is 0 Å². The molecule has 1 aliphatic rings. The van der Waals surface area contributed by atoms with Crippen molar-refractivity contribution in [3.8, 4) is 0 Å². The lowest BCUT2D eigenvalue weighted by molar-refractivity contribution is -0.156. The lowest BCUT2D eigenvalue weighted by Crippen LogP contribution is -2.37.